The smallest absolute Gasteiger partial charge is 0.313 e. The van der Waals surface area contributed by atoms with Gasteiger partial charge in [0.25, 0.3) is 5.92 Å². The number of alkyl halides is 2. The van der Waals surface area contributed by atoms with Gasteiger partial charge in [-0.25, -0.2) is 8.78 Å². The van der Waals surface area contributed by atoms with Crippen molar-refractivity contribution in [3.05, 3.63) is 12.7 Å². The van der Waals surface area contributed by atoms with Crippen LogP contribution in [0.4, 0.5) is 8.78 Å². The number of carboxylic acid groups (broad SMARTS) is 1. The van der Waals surface area contributed by atoms with Gasteiger partial charge in [0.15, 0.2) is 0 Å². The molecule has 0 aromatic carbocycles. The molecule has 2 nitrogen and oxygen atoms in total. The molecule has 0 bridgehead atoms. The molecule has 0 spiro atoms. The topological polar surface area (TPSA) is 37.3 Å². The van der Waals surface area contributed by atoms with Crippen molar-refractivity contribution in [2.75, 3.05) is 0 Å². The van der Waals surface area contributed by atoms with Crippen molar-refractivity contribution in [3.63, 3.8) is 0 Å². The second-order valence-electron chi connectivity index (χ2n) is 2.25. The normalized spacial score (nSPS) is 35.0. The van der Waals surface area contributed by atoms with Gasteiger partial charge in [-0.15, -0.1) is 6.58 Å². The first kappa shape index (κ1) is 7.18. The highest BCUT2D eigenvalue weighted by Gasteiger charge is 2.70. The van der Waals surface area contributed by atoms with E-state index < -0.39 is 23.7 Å². The lowest BCUT2D eigenvalue weighted by molar-refractivity contribution is -0.140. The zero-order valence-corrected chi connectivity index (χ0v) is 5.05. The summed E-state index contributed by atoms with van der Waals surface area (Å²) in [6.07, 6.45) is 0.985. The van der Waals surface area contributed by atoms with E-state index >= 15 is 0 Å². The van der Waals surface area contributed by atoms with E-state index in [2.05, 4.69) is 6.58 Å². The summed E-state index contributed by atoms with van der Waals surface area (Å²) in [5.74, 6) is -7.21. The van der Waals surface area contributed by atoms with Crippen molar-refractivity contribution in [1.29, 1.82) is 0 Å². The van der Waals surface area contributed by atoms with E-state index in [1.807, 2.05) is 0 Å². The van der Waals surface area contributed by atoms with Gasteiger partial charge >= 0.3 is 5.97 Å². The van der Waals surface area contributed by atoms with E-state index in [0.29, 0.717) is 0 Å². The monoisotopic (exact) mass is 148 g/mol. The Kier molecular flexibility index (Phi) is 1.28. The van der Waals surface area contributed by atoms with E-state index in [4.69, 9.17) is 5.11 Å². The number of carboxylic acids is 1. The largest absolute Gasteiger partial charge is 0.481 e. The second-order valence-corrected chi connectivity index (χ2v) is 2.25. The molecule has 4 heteroatoms. The van der Waals surface area contributed by atoms with Crippen molar-refractivity contribution in [1.82, 2.24) is 0 Å². The fourth-order valence-electron chi connectivity index (χ4n) is 0.962. The second kappa shape index (κ2) is 1.78. The Morgan fingerprint density at radius 3 is 2.30 bits per heavy atom. The number of aliphatic carboxylic acids is 1. The SMILES string of the molecule is C=C[C@H]1[C@H](C(=O)O)C1(F)F. The number of carbonyl (C=O) groups is 1. The first-order chi connectivity index (χ1) is 4.51. The van der Waals surface area contributed by atoms with Crippen molar-refractivity contribution >= 4 is 5.97 Å². The molecule has 0 unspecified atom stereocenters. The fraction of sp³-hybridized carbons (Fsp3) is 0.500. The van der Waals surface area contributed by atoms with Crippen LogP contribution in [-0.4, -0.2) is 17.0 Å². The Bertz CT molecular complexity index is 188. The molecule has 1 rings (SSSR count). The highest BCUT2D eigenvalue weighted by molar-refractivity contribution is 5.76. The van der Waals surface area contributed by atoms with Gasteiger partial charge in [0, 0.05) is 0 Å². The number of hydrogen-bond donors (Lipinski definition) is 1. The Labute approximate surface area is 56.2 Å². The number of allylic oxidation sites excluding steroid dienone is 1. The summed E-state index contributed by atoms with van der Waals surface area (Å²) < 4.78 is 24.5. The maximum Gasteiger partial charge on any atom is 0.313 e. The van der Waals surface area contributed by atoms with Gasteiger partial charge in [0.1, 0.15) is 5.92 Å². The molecule has 1 aliphatic carbocycles. The van der Waals surface area contributed by atoms with Crippen molar-refractivity contribution in [2.24, 2.45) is 11.8 Å². The molecule has 56 valence electrons. The Balaban J connectivity index is 2.70. The van der Waals surface area contributed by atoms with Gasteiger partial charge in [-0.2, -0.15) is 0 Å². The molecule has 0 saturated heterocycles. The lowest BCUT2D eigenvalue weighted by atomic mass is 10.3. The lowest BCUT2D eigenvalue weighted by Crippen LogP contribution is -2.04. The molecule has 0 aromatic heterocycles. The van der Waals surface area contributed by atoms with Crippen molar-refractivity contribution in [3.8, 4) is 0 Å². The zero-order chi connectivity index (χ0) is 7.94. The van der Waals surface area contributed by atoms with Crippen LogP contribution in [-0.2, 0) is 4.79 Å². The van der Waals surface area contributed by atoms with Crippen LogP contribution < -0.4 is 0 Å². The highest BCUT2D eigenvalue weighted by Crippen LogP contribution is 2.55. The van der Waals surface area contributed by atoms with Gasteiger partial charge in [-0.05, 0) is 0 Å². The van der Waals surface area contributed by atoms with Crippen LogP contribution in [0.15, 0.2) is 12.7 Å². The molecular formula is C6H6F2O2. The molecule has 1 fully saturated rings. The minimum atomic E-state index is -3.06. The summed E-state index contributed by atoms with van der Waals surface area (Å²) in [7, 11) is 0. The molecule has 0 radical (unpaired) electrons. The molecule has 1 aliphatic rings. The zero-order valence-electron chi connectivity index (χ0n) is 5.05. The molecule has 0 heterocycles. The minimum absolute atomic E-state index is 0.985. The highest BCUT2D eigenvalue weighted by atomic mass is 19.3. The summed E-state index contributed by atoms with van der Waals surface area (Å²) in [5.41, 5.74) is 0. The summed E-state index contributed by atoms with van der Waals surface area (Å²) in [6.45, 7) is 3.11. The predicted octanol–water partition coefficient (Wildman–Crippen LogP) is 1.14. The predicted molar refractivity (Wildman–Crippen MR) is 29.8 cm³/mol. The van der Waals surface area contributed by atoms with Crippen molar-refractivity contribution < 1.29 is 18.7 Å². The maximum absolute atomic E-state index is 12.3. The first-order valence-corrected chi connectivity index (χ1v) is 2.75. The Morgan fingerprint density at radius 2 is 2.20 bits per heavy atom. The molecule has 0 aromatic rings. The summed E-state index contributed by atoms with van der Waals surface area (Å²) in [6, 6.07) is 0. The van der Waals surface area contributed by atoms with Crippen LogP contribution in [0.5, 0.6) is 0 Å². The number of rotatable bonds is 2. The minimum Gasteiger partial charge on any atom is -0.481 e. The van der Waals surface area contributed by atoms with Crippen LogP contribution in [0.3, 0.4) is 0 Å². The van der Waals surface area contributed by atoms with Crippen LogP contribution in [0.25, 0.3) is 0 Å². The molecular weight excluding hydrogens is 142 g/mol. The average molecular weight is 148 g/mol. The third-order valence-electron chi connectivity index (χ3n) is 1.63. The summed E-state index contributed by atoms with van der Waals surface area (Å²) >= 11 is 0. The van der Waals surface area contributed by atoms with Crippen LogP contribution in [0.2, 0.25) is 0 Å². The van der Waals surface area contributed by atoms with E-state index in [1.165, 1.54) is 0 Å². The number of halogens is 2. The average Bonchev–Trinajstić information content (AvgIpc) is 2.33. The Morgan fingerprint density at radius 1 is 1.70 bits per heavy atom. The Hall–Kier alpha value is -0.930. The van der Waals surface area contributed by atoms with Gasteiger partial charge in [-0.1, -0.05) is 6.08 Å². The molecule has 1 saturated carbocycles. The molecule has 2 atom stereocenters. The molecule has 10 heavy (non-hydrogen) atoms. The van der Waals surface area contributed by atoms with Crippen LogP contribution >= 0.6 is 0 Å². The standard InChI is InChI=1S/C6H6F2O2/c1-2-3-4(5(9)10)6(3,7)8/h2-4H,1H2,(H,9,10)/t3-,4+/m0/s1. The van der Waals surface area contributed by atoms with Crippen LogP contribution in [0, 0.1) is 11.8 Å². The van der Waals surface area contributed by atoms with Gasteiger partial charge in [0.05, 0.1) is 5.92 Å². The quantitative estimate of drug-likeness (QED) is 0.596. The van der Waals surface area contributed by atoms with E-state index in [9.17, 15) is 13.6 Å². The van der Waals surface area contributed by atoms with E-state index in [-0.39, 0.29) is 0 Å². The van der Waals surface area contributed by atoms with Gasteiger partial charge in [-0.3, -0.25) is 4.79 Å². The van der Waals surface area contributed by atoms with Gasteiger partial charge < -0.3 is 5.11 Å². The molecule has 1 N–H and O–H groups in total. The summed E-state index contributed by atoms with van der Waals surface area (Å²) in [4.78, 5) is 10.0. The van der Waals surface area contributed by atoms with E-state index in [0.717, 1.165) is 6.08 Å². The molecule has 0 amide bonds. The van der Waals surface area contributed by atoms with Crippen LogP contribution in [0.1, 0.15) is 0 Å². The third-order valence-corrected chi connectivity index (χ3v) is 1.63. The third kappa shape index (κ3) is 0.716. The number of hydrogen-bond acceptors (Lipinski definition) is 1. The van der Waals surface area contributed by atoms with Crippen molar-refractivity contribution in [2.45, 2.75) is 5.92 Å². The van der Waals surface area contributed by atoms with E-state index in [1.54, 1.807) is 0 Å². The lowest BCUT2D eigenvalue weighted by Gasteiger charge is -1.86. The first-order valence-electron chi connectivity index (χ1n) is 2.75. The van der Waals surface area contributed by atoms with Gasteiger partial charge in [0.2, 0.25) is 0 Å². The molecule has 0 aliphatic heterocycles. The summed E-state index contributed by atoms with van der Waals surface area (Å²) in [5, 5.41) is 8.16. The maximum atomic E-state index is 12.3. The fourth-order valence-corrected chi connectivity index (χ4v) is 0.962.